The number of carbonyl (C=O) groups excluding carboxylic acids is 1. The molecule has 0 saturated heterocycles. The highest BCUT2D eigenvalue weighted by atomic mass is 79.9. The number of fused-ring (bicyclic) bond motifs is 2. The smallest absolute Gasteiger partial charge is 0.296 e. The predicted octanol–water partition coefficient (Wildman–Crippen LogP) is 5.42. The van der Waals surface area contributed by atoms with Gasteiger partial charge in [0.15, 0.2) is 16.9 Å². The highest BCUT2D eigenvalue weighted by Gasteiger charge is 2.44. The van der Waals surface area contributed by atoms with Gasteiger partial charge in [-0.15, -0.1) is 0 Å². The van der Waals surface area contributed by atoms with Crippen molar-refractivity contribution in [3.63, 3.8) is 0 Å². The summed E-state index contributed by atoms with van der Waals surface area (Å²) in [5, 5.41) is 0.391. The van der Waals surface area contributed by atoms with Crippen molar-refractivity contribution in [2.75, 3.05) is 18.6 Å². The minimum absolute atomic E-state index is 0.0139. The third kappa shape index (κ3) is 3.54. The molecule has 0 bridgehead atoms. The lowest BCUT2D eigenvalue weighted by Gasteiger charge is -2.25. The molecule has 3 heterocycles. The van der Waals surface area contributed by atoms with Gasteiger partial charge in [0, 0.05) is 10.7 Å². The van der Waals surface area contributed by atoms with Crippen LogP contribution in [0, 0.1) is 6.92 Å². The molecule has 0 aliphatic carbocycles. The maximum atomic E-state index is 13.7. The summed E-state index contributed by atoms with van der Waals surface area (Å²) in [5.74, 6) is 1.09. The fraction of sp³-hybridized carbons (Fsp3) is 0.192. The van der Waals surface area contributed by atoms with E-state index in [1.807, 2.05) is 26.0 Å². The van der Waals surface area contributed by atoms with Crippen molar-refractivity contribution in [1.82, 2.24) is 4.98 Å². The summed E-state index contributed by atoms with van der Waals surface area (Å²) in [4.78, 5) is 33.3. The minimum atomic E-state index is -0.748. The molecule has 5 rings (SSSR count). The number of ether oxygens (including phenoxy) is 2. The molecule has 1 amide bonds. The van der Waals surface area contributed by atoms with E-state index in [9.17, 15) is 9.59 Å². The molecule has 0 radical (unpaired) electrons. The van der Waals surface area contributed by atoms with Gasteiger partial charge in [-0.3, -0.25) is 14.5 Å². The van der Waals surface area contributed by atoms with Gasteiger partial charge in [0.25, 0.3) is 5.91 Å². The van der Waals surface area contributed by atoms with Crippen LogP contribution in [-0.2, 0) is 0 Å². The van der Waals surface area contributed by atoms with E-state index in [4.69, 9.17) is 13.9 Å². The van der Waals surface area contributed by atoms with Crippen LogP contribution in [0.4, 0.5) is 5.82 Å². The van der Waals surface area contributed by atoms with Crippen LogP contribution in [0.2, 0.25) is 0 Å². The van der Waals surface area contributed by atoms with Crippen LogP contribution in [0.15, 0.2) is 68.4 Å². The van der Waals surface area contributed by atoms with Crippen molar-refractivity contribution in [3.8, 4) is 11.5 Å². The van der Waals surface area contributed by atoms with Crippen molar-refractivity contribution in [3.05, 3.63) is 91.9 Å². The monoisotopic (exact) mass is 520 g/mol. The van der Waals surface area contributed by atoms with Crippen molar-refractivity contribution < 1.29 is 18.7 Å². The van der Waals surface area contributed by atoms with Gasteiger partial charge >= 0.3 is 0 Å². The molecule has 172 valence electrons. The number of hydrogen-bond donors (Lipinski definition) is 0. The molecule has 2 aromatic carbocycles. The molecule has 2 aromatic heterocycles. The summed E-state index contributed by atoms with van der Waals surface area (Å²) in [6.07, 6.45) is 1.68. The molecule has 0 N–H and O–H groups in total. The Morgan fingerprint density at radius 2 is 1.91 bits per heavy atom. The number of nitrogens with zero attached hydrogens (tertiary/aromatic N) is 2. The number of hydrogen-bond acceptors (Lipinski definition) is 6. The fourth-order valence-electron chi connectivity index (χ4n) is 4.23. The third-order valence-corrected chi connectivity index (χ3v) is 6.27. The molecule has 0 spiro atoms. The second kappa shape index (κ2) is 8.61. The van der Waals surface area contributed by atoms with Crippen molar-refractivity contribution in [2.24, 2.45) is 0 Å². The molecule has 0 saturated carbocycles. The van der Waals surface area contributed by atoms with Gasteiger partial charge in [0.2, 0.25) is 5.76 Å². The number of rotatable bonds is 5. The predicted molar refractivity (Wildman–Crippen MR) is 132 cm³/mol. The van der Waals surface area contributed by atoms with Gasteiger partial charge in [0.1, 0.15) is 11.4 Å². The molecule has 4 aromatic rings. The van der Waals surface area contributed by atoms with Crippen LogP contribution in [0.5, 0.6) is 11.5 Å². The zero-order valence-corrected chi connectivity index (χ0v) is 20.4. The summed E-state index contributed by atoms with van der Waals surface area (Å²) < 4.78 is 17.9. The van der Waals surface area contributed by atoms with E-state index in [0.717, 1.165) is 10.0 Å². The molecule has 1 atom stereocenters. The first-order valence-electron chi connectivity index (χ1n) is 10.8. The van der Waals surface area contributed by atoms with E-state index in [2.05, 4.69) is 20.9 Å². The number of benzene rings is 2. The lowest BCUT2D eigenvalue weighted by molar-refractivity contribution is 0.0970. The maximum absolute atomic E-state index is 13.7. The molecule has 1 aliphatic heterocycles. The average Bonchev–Trinajstić information content (AvgIpc) is 3.13. The van der Waals surface area contributed by atoms with E-state index < -0.39 is 11.9 Å². The molecular formula is C26H21BrN2O5. The van der Waals surface area contributed by atoms with E-state index in [0.29, 0.717) is 40.5 Å². The van der Waals surface area contributed by atoms with Gasteiger partial charge in [-0.25, -0.2) is 4.98 Å². The Balaban J connectivity index is 1.78. The summed E-state index contributed by atoms with van der Waals surface area (Å²) in [7, 11) is 1.55. The van der Waals surface area contributed by atoms with Gasteiger partial charge in [-0.1, -0.05) is 28.1 Å². The van der Waals surface area contributed by atoms with Crippen LogP contribution < -0.4 is 19.8 Å². The minimum Gasteiger partial charge on any atom is -0.493 e. The average molecular weight is 521 g/mol. The first-order valence-corrected chi connectivity index (χ1v) is 11.6. The summed E-state index contributed by atoms with van der Waals surface area (Å²) in [6, 6.07) is 13.4. The molecule has 1 unspecified atom stereocenters. The lowest BCUT2D eigenvalue weighted by atomic mass is 9.98. The molecule has 7 nitrogen and oxygen atoms in total. The molecule has 34 heavy (non-hydrogen) atoms. The quantitative estimate of drug-likeness (QED) is 0.349. The number of halogens is 1. The van der Waals surface area contributed by atoms with E-state index in [1.165, 1.54) is 4.90 Å². The van der Waals surface area contributed by atoms with E-state index in [1.54, 1.807) is 49.7 Å². The van der Waals surface area contributed by atoms with Crippen LogP contribution >= 0.6 is 15.9 Å². The number of amides is 1. The van der Waals surface area contributed by atoms with Gasteiger partial charge in [-0.05, 0) is 61.4 Å². The summed E-state index contributed by atoms with van der Waals surface area (Å²) >= 11 is 3.42. The van der Waals surface area contributed by atoms with Crippen LogP contribution in [0.25, 0.3) is 11.0 Å². The number of methoxy groups -OCH3 is 1. The number of anilines is 1. The Bertz CT molecular complexity index is 1480. The van der Waals surface area contributed by atoms with E-state index in [-0.39, 0.29) is 16.8 Å². The Hall–Kier alpha value is -3.65. The van der Waals surface area contributed by atoms with Crippen LogP contribution in [-0.4, -0.2) is 24.6 Å². The zero-order chi connectivity index (χ0) is 24.0. The second-order valence-electron chi connectivity index (χ2n) is 7.93. The third-order valence-electron chi connectivity index (χ3n) is 5.78. The largest absolute Gasteiger partial charge is 0.493 e. The van der Waals surface area contributed by atoms with Crippen LogP contribution in [0.3, 0.4) is 0 Å². The summed E-state index contributed by atoms with van der Waals surface area (Å²) in [6.45, 7) is 4.28. The zero-order valence-electron chi connectivity index (χ0n) is 18.8. The van der Waals surface area contributed by atoms with Gasteiger partial charge in [0.05, 0.1) is 30.7 Å². The van der Waals surface area contributed by atoms with E-state index >= 15 is 0 Å². The Morgan fingerprint density at radius 1 is 1.09 bits per heavy atom. The highest BCUT2D eigenvalue weighted by molar-refractivity contribution is 9.10. The molecular weight excluding hydrogens is 500 g/mol. The number of carbonyl (C=O) groups is 1. The SMILES string of the molecule is CCOc1ccc(C2c3c(oc4ccc(Br)cc4c3=O)C(=O)N2c2ccc(C)cn2)cc1OC. The highest BCUT2D eigenvalue weighted by Crippen LogP contribution is 2.42. The Morgan fingerprint density at radius 3 is 2.62 bits per heavy atom. The number of pyridine rings is 1. The maximum Gasteiger partial charge on any atom is 0.296 e. The number of aromatic nitrogens is 1. The Labute approximate surface area is 204 Å². The van der Waals surface area contributed by atoms with Gasteiger partial charge in [-0.2, -0.15) is 0 Å². The topological polar surface area (TPSA) is 81.9 Å². The first-order chi connectivity index (χ1) is 16.4. The van der Waals surface area contributed by atoms with Crippen molar-refractivity contribution in [1.29, 1.82) is 0 Å². The van der Waals surface area contributed by atoms with Crippen molar-refractivity contribution in [2.45, 2.75) is 19.9 Å². The van der Waals surface area contributed by atoms with Crippen molar-refractivity contribution >= 4 is 38.6 Å². The number of aryl methyl sites for hydroxylation is 1. The second-order valence-corrected chi connectivity index (χ2v) is 8.84. The molecule has 8 heteroatoms. The fourth-order valence-corrected chi connectivity index (χ4v) is 4.59. The first kappa shape index (κ1) is 22.2. The summed E-state index contributed by atoms with van der Waals surface area (Å²) in [5.41, 5.74) is 1.98. The molecule has 0 fully saturated rings. The lowest BCUT2D eigenvalue weighted by Crippen LogP contribution is -2.30. The van der Waals surface area contributed by atoms with Gasteiger partial charge < -0.3 is 13.9 Å². The molecule has 1 aliphatic rings. The standard InChI is InChI=1S/C26H21BrN2O5/c1-4-33-19-8-6-15(11-20(19)32-3)23-22-24(30)17-12-16(27)7-9-18(17)34-25(22)26(31)29(23)21-10-5-14(2)13-28-21/h5-13,23H,4H2,1-3H3. The van der Waals surface area contributed by atoms with Crippen LogP contribution in [0.1, 0.15) is 40.2 Å². The normalized spacial score (nSPS) is 15.0. The Kier molecular flexibility index (Phi) is 5.61.